The van der Waals surface area contributed by atoms with Crippen molar-refractivity contribution in [3.8, 4) is 5.75 Å². The van der Waals surface area contributed by atoms with E-state index in [1.54, 1.807) is 0 Å². The number of likely N-dealkylation sites (N-methyl/N-ethyl adjacent to an activating group) is 1. The van der Waals surface area contributed by atoms with Crippen molar-refractivity contribution >= 4 is 0 Å². The summed E-state index contributed by atoms with van der Waals surface area (Å²) < 4.78 is 6.04. The van der Waals surface area contributed by atoms with Crippen molar-refractivity contribution in [2.24, 2.45) is 0 Å². The summed E-state index contributed by atoms with van der Waals surface area (Å²) in [5.74, 6) is 1.09. The van der Waals surface area contributed by atoms with E-state index in [9.17, 15) is 5.11 Å². The maximum absolute atomic E-state index is 9.19. The first kappa shape index (κ1) is 13.4. The Balaban J connectivity index is 2.00. The van der Waals surface area contributed by atoms with Crippen LogP contribution in [0.4, 0.5) is 0 Å². The van der Waals surface area contributed by atoms with E-state index in [2.05, 4.69) is 18.0 Å². The molecule has 0 saturated carbocycles. The number of nitrogens with zero attached hydrogens (tertiary/aromatic N) is 1. The molecule has 3 nitrogen and oxygen atoms in total. The number of hydrogen-bond acceptors (Lipinski definition) is 3. The molecule has 2 rings (SSSR count). The summed E-state index contributed by atoms with van der Waals surface area (Å²) in [6.45, 7) is 4.37. The fraction of sp³-hybridized carbons (Fsp3) is 0.600. The van der Waals surface area contributed by atoms with Gasteiger partial charge in [-0.15, -0.1) is 0 Å². The highest BCUT2D eigenvalue weighted by atomic mass is 16.5. The molecule has 18 heavy (non-hydrogen) atoms. The Bertz CT molecular complexity index is 381. The molecule has 1 aliphatic heterocycles. The van der Waals surface area contributed by atoms with E-state index in [0.29, 0.717) is 6.10 Å². The van der Waals surface area contributed by atoms with Gasteiger partial charge < -0.3 is 14.7 Å². The van der Waals surface area contributed by atoms with E-state index in [0.717, 1.165) is 24.3 Å². The molecule has 0 bridgehead atoms. The van der Waals surface area contributed by atoms with Crippen molar-refractivity contribution in [2.75, 3.05) is 26.7 Å². The number of hydrogen-bond donors (Lipinski definition) is 1. The van der Waals surface area contributed by atoms with E-state index in [-0.39, 0.29) is 12.5 Å². The largest absolute Gasteiger partial charge is 0.489 e. The van der Waals surface area contributed by atoms with E-state index >= 15 is 0 Å². The number of likely N-dealkylation sites (tertiary alicyclic amines) is 1. The summed E-state index contributed by atoms with van der Waals surface area (Å²) in [4.78, 5) is 2.31. The number of aliphatic hydroxyl groups excluding tert-OH is 1. The van der Waals surface area contributed by atoms with Crippen LogP contribution < -0.4 is 4.74 Å². The van der Waals surface area contributed by atoms with E-state index < -0.39 is 0 Å². The number of piperidine rings is 1. The lowest BCUT2D eigenvalue weighted by Crippen LogP contribution is -2.38. The molecule has 0 aliphatic carbocycles. The molecule has 1 saturated heterocycles. The third-order valence-electron chi connectivity index (χ3n) is 3.58. The van der Waals surface area contributed by atoms with Gasteiger partial charge in [-0.3, -0.25) is 0 Å². The zero-order valence-corrected chi connectivity index (χ0v) is 11.3. The summed E-state index contributed by atoms with van der Waals surface area (Å²) >= 11 is 0. The minimum Gasteiger partial charge on any atom is -0.489 e. The predicted octanol–water partition coefficient (Wildman–Crippen LogP) is 2.26. The molecule has 100 valence electrons. The second-order valence-corrected chi connectivity index (χ2v) is 5.30. The minimum atomic E-state index is 0.169. The van der Waals surface area contributed by atoms with E-state index in [1.807, 2.05) is 25.1 Å². The molecule has 2 atom stereocenters. The molecule has 1 fully saturated rings. The van der Waals surface area contributed by atoms with Gasteiger partial charge >= 0.3 is 0 Å². The lowest BCUT2D eigenvalue weighted by molar-refractivity contribution is 0.104. The molecule has 3 heteroatoms. The van der Waals surface area contributed by atoms with Crippen LogP contribution in [0.5, 0.6) is 5.75 Å². The molecule has 1 aliphatic rings. The Morgan fingerprint density at radius 2 is 2.33 bits per heavy atom. The van der Waals surface area contributed by atoms with Crippen molar-refractivity contribution in [2.45, 2.75) is 31.8 Å². The van der Waals surface area contributed by atoms with Gasteiger partial charge in [0.2, 0.25) is 0 Å². The van der Waals surface area contributed by atoms with Crippen molar-refractivity contribution in [3.05, 3.63) is 29.8 Å². The van der Waals surface area contributed by atoms with Gasteiger partial charge in [-0.1, -0.05) is 19.1 Å². The van der Waals surface area contributed by atoms with Gasteiger partial charge in [0.1, 0.15) is 11.9 Å². The van der Waals surface area contributed by atoms with Crippen LogP contribution in [0.25, 0.3) is 0 Å². The summed E-state index contributed by atoms with van der Waals surface area (Å²) in [5.41, 5.74) is 1.14. The van der Waals surface area contributed by atoms with Crippen molar-refractivity contribution in [1.82, 2.24) is 4.90 Å². The average Bonchev–Trinajstić information content (AvgIpc) is 2.38. The molecule has 2 unspecified atom stereocenters. The lowest BCUT2D eigenvalue weighted by Gasteiger charge is -2.30. The highest BCUT2D eigenvalue weighted by Gasteiger charge is 2.18. The standard InChI is InChI=1S/C15H23NO2/c1-12(11-17)13-5-3-6-14(9-13)18-15-7-4-8-16(2)10-15/h3,5-6,9,12,15,17H,4,7-8,10-11H2,1-2H3. The fourth-order valence-electron chi connectivity index (χ4n) is 2.41. The molecule has 1 aromatic rings. The zero-order chi connectivity index (χ0) is 13.0. The molecule has 0 spiro atoms. The topological polar surface area (TPSA) is 32.7 Å². The van der Waals surface area contributed by atoms with Gasteiger partial charge in [-0.2, -0.15) is 0 Å². The fourth-order valence-corrected chi connectivity index (χ4v) is 2.41. The molecule has 1 N–H and O–H groups in total. The Hall–Kier alpha value is -1.06. The highest BCUT2D eigenvalue weighted by molar-refractivity contribution is 5.30. The van der Waals surface area contributed by atoms with Gasteiger partial charge in [-0.05, 0) is 44.1 Å². The van der Waals surface area contributed by atoms with Crippen molar-refractivity contribution in [3.63, 3.8) is 0 Å². The normalized spacial score (nSPS) is 22.7. The molecular formula is C15H23NO2. The van der Waals surface area contributed by atoms with Crippen molar-refractivity contribution in [1.29, 1.82) is 0 Å². The number of benzene rings is 1. The summed E-state index contributed by atoms with van der Waals surface area (Å²) in [7, 11) is 2.14. The number of aliphatic hydroxyl groups is 1. The Morgan fingerprint density at radius 3 is 3.06 bits per heavy atom. The van der Waals surface area contributed by atoms with Crippen LogP contribution in [-0.2, 0) is 0 Å². The van der Waals surface area contributed by atoms with E-state index in [4.69, 9.17) is 4.74 Å². The van der Waals surface area contributed by atoms with Crippen LogP contribution in [0.15, 0.2) is 24.3 Å². The van der Waals surface area contributed by atoms with Crippen LogP contribution in [0.2, 0.25) is 0 Å². The first-order valence-electron chi connectivity index (χ1n) is 6.75. The zero-order valence-electron chi connectivity index (χ0n) is 11.3. The van der Waals surface area contributed by atoms with Gasteiger partial charge in [0.25, 0.3) is 0 Å². The smallest absolute Gasteiger partial charge is 0.120 e. The van der Waals surface area contributed by atoms with Crippen LogP contribution >= 0.6 is 0 Å². The van der Waals surface area contributed by atoms with Gasteiger partial charge in [0.15, 0.2) is 0 Å². The van der Waals surface area contributed by atoms with Gasteiger partial charge in [0.05, 0.1) is 0 Å². The lowest BCUT2D eigenvalue weighted by atomic mass is 10.0. The molecule has 0 amide bonds. The third kappa shape index (κ3) is 3.47. The van der Waals surface area contributed by atoms with Crippen LogP contribution in [0.1, 0.15) is 31.2 Å². The Labute approximate surface area is 109 Å². The minimum absolute atomic E-state index is 0.169. The monoisotopic (exact) mass is 249 g/mol. The first-order chi connectivity index (χ1) is 8.69. The quantitative estimate of drug-likeness (QED) is 0.888. The van der Waals surface area contributed by atoms with Crippen LogP contribution in [-0.4, -0.2) is 42.9 Å². The Morgan fingerprint density at radius 1 is 1.50 bits per heavy atom. The van der Waals surface area contributed by atoms with Crippen LogP contribution in [0, 0.1) is 0 Å². The average molecular weight is 249 g/mol. The van der Waals surface area contributed by atoms with Gasteiger partial charge in [0, 0.05) is 19.1 Å². The summed E-state index contributed by atoms with van der Waals surface area (Å²) in [5, 5.41) is 9.19. The molecule has 0 radical (unpaired) electrons. The predicted molar refractivity (Wildman–Crippen MR) is 73.1 cm³/mol. The Kier molecular flexibility index (Phi) is 4.61. The first-order valence-corrected chi connectivity index (χ1v) is 6.75. The molecule has 1 heterocycles. The summed E-state index contributed by atoms with van der Waals surface area (Å²) in [6.07, 6.45) is 2.63. The maximum atomic E-state index is 9.19. The SMILES string of the molecule is CC(CO)c1cccc(OC2CCCN(C)C2)c1. The molecular weight excluding hydrogens is 226 g/mol. The third-order valence-corrected chi connectivity index (χ3v) is 3.58. The van der Waals surface area contributed by atoms with Crippen molar-refractivity contribution < 1.29 is 9.84 Å². The molecule has 1 aromatic carbocycles. The van der Waals surface area contributed by atoms with E-state index in [1.165, 1.54) is 13.0 Å². The number of ether oxygens (including phenoxy) is 1. The molecule has 0 aromatic heterocycles. The van der Waals surface area contributed by atoms with Crippen LogP contribution in [0.3, 0.4) is 0 Å². The second-order valence-electron chi connectivity index (χ2n) is 5.30. The highest BCUT2D eigenvalue weighted by Crippen LogP contribution is 2.23. The van der Waals surface area contributed by atoms with Gasteiger partial charge in [-0.25, -0.2) is 0 Å². The maximum Gasteiger partial charge on any atom is 0.120 e. The summed E-state index contributed by atoms with van der Waals surface area (Å²) in [6, 6.07) is 8.10. The second kappa shape index (κ2) is 6.21. The number of rotatable bonds is 4.